The normalized spacial score (nSPS) is 11.2. The molecule has 0 N–H and O–H groups in total. The molecule has 0 saturated carbocycles. The summed E-state index contributed by atoms with van der Waals surface area (Å²) in [4.78, 5) is 4.56. The van der Waals surface area contributed by atoms with Gasteiger partial charge in [-0.25, -0.2) is 4.98 Å². The van der Waals surface area contributed by atoms with E-state index in [1.165, 1.54) is 0 Å². The van der Waals surface area contributed by atoms with Gasteiger partial charge in [-0.3, -0.25) is 0 Å². The number of hydrogen-bond donors (Lipinski definition) is 0. The molecule has 3 rings (SSSR count). The summed E-state index contributed by atoms with van der Waals surface area (Å²) in [6.45, 7) is 5.90. The van der Waals surface area contributed by atoms with E-state index < -0.39 is 0 Å². The van der Waals surface area contributed by atoms with Crippen LogP contribution in [0.15, 0.2) is 45.4 Å². The number of hydrogen-bond acceptors (Lipinski definition) is 6. The van der Waals surface area contributed by atoms with Crippen LogP contribution in [0.25, 0.3) is 5.65 Å². The lowest BCUT2D eigenvalue weighted by atomic mass is 10.4. The van der Waals surface area contributed by atoms with Gasteiger partial charge in [-0.2, -0.15) is 0 Å². The lowest BCUT2D eigenvalue weighted by Crippen LogP contribution is -1.79. The Kier molecular flexibility index (Phi) is 5.07. The molecule has 3 heterocycles. The van der Waals surface area contributed by atoms with Crippen molar-refractivity contribution in [2.24, 2.45) is 0 Å². The molecular formula is C14H13ClN4S3. The summed E-state index contributed by atoms with van der Waals surface area (Å²) in [6.07, 6.45) is 3.85. The lowest BCUT2D eigenvalue weighted by Gasteiger charge is -1.93. The fourth-order valence-electron chi connectivity index (χ4n) is 1.72. The van der Waals surface area contributed by atoms with E-state index in [-0.39, 0.29) is 0 Å². The Morgan fingerprint density at radius 2 is 2.05 bits per heavy atom. The molecule has 0 radical (unpaired) electrons. The molecule has 0 saturated heterocycles. The van der Waals surface area contributed by atoms with Gasteiger partial charge in [0.05, 0.1) is 10.7 Å². The molecule has 22 heavy (non-hydrogen) atoms. The molecule has 0 aliphatic rings. The van der Waals surface area contributed by atoms with Crippen molar-refractivity contribution in [3.63, 3.8) is 0 Å². The molecule has 4 nitrogen and oxygen atoms in total. The second-order valence-corrected chi connectivity index (χ2v) is 8.57. The Labute approximate surface area is 146 Å². The molecule has 3 aromatic heterocycles. The number of thioether (sulfide) groups is 2. The topological polar surface area (TPSA) is 43.1 Å². The maximum absolute atomic E-state index is 5.98. The lowest BCUT2D eigenvalue weighted by molar-refractivity contribution is 0.954. The summed E-state index contributed by atoms with van der Waals surface area (Å²) in [5.74, 6) is 1.64. The van der Waals surface area contributed by atoms with Crippen LogP contribution < -0.4 is 0 Å². The Hall–Kier alpha value is -1.02. The number of imidazole rings is 1. The van der Waals surface area contributed by atoms with Gasteiger partial charge >= 0.3 is 0 Å². The molecule has 0 fully saturated rings. The fraction of sp³-hybridized carbons (Fsp3) is 0.214. The van der Waals surface area contributed by atoms with Gasteiger partial charge in [-0.15, -0.1) is 10.2 Å². The molecule has 0 aliphatic heterocycles. The first-order valence-corrected chi connectivity index (χ1v) is 9.63. The van der Waals surface area contributed by atoms with Crippen LogP contribution in [0.3, 0.4) is 0 Å². The van der Waals surface area contributed by atoms with E-state index in [1.807, 2.05) is 35.9 Å². The molecular weight excluding hydrogens is 356 g/mol. The van der Waals surface area contributed by atoms with Gasteiger partial charge in [0, 0.05) is 23.9 Å². The highest BCUT2D eigenvalue weighted by molar-refractivity contribution is 8.03. The van der Waals surface area contributed by atoms with Crippen molar-refractivity contribution in [2.45, 2.75) is 21.4 Å². The second-order valence-electron chi connectivity index (χ2n) is 4.71. The highest BCUT2D eigenvalue weighted by atomic mass is 35.5. The van der Waals surface area contributed by atoms with Gasteiger partial charge in [-0.1, -0.05) is 58.6 Å². The van der Waals surface area contributed by atoms with Crippen LogP contribution in [0, 0.1) is 0 Å². The van der Waals surface area contributed by atoms with Crippen molar-refractivity contribution < 1.29 is 0 Å². The van der Waals surface area contributed by atoms with Crippen molar-refractivity contribution in [3.05, 3.63) is 47.4 Å². The largest absolute Gasteiger partial charge is 0.305 e. The van der Waals surface area contributed by atoms with Crippen molar-refractivity contribution in [3.8, 4) is 0 Å². The van der Waals surface area contributed by atoms with E-state index in [1.54, 1.807) is 34.9 Å². The van der Waals surface area contributed by atoms with Gasteiger partial charge in [0.2, 0.25) is 0 Å². The summed E-state index contributed by atoms with van der Waals surface area (Å²) in [5.41, 5.74) is 3.03. The fourth-order valence-corrected chi connectivity index (χ4v) is 4.64. The standard InChI is InChI=1S/C14H13ClN4S3/c1-9(2)7-20-13-17-18-14(22-13)21-8-11-6-19-5-10(15)3-4-12(19)16-11/h3-6H,1,7-8H2,2H3. The molecule has 0 aromatic carbocycles. The average molecular weight is 369 g/mol. The first-order chi connectivity index (χ1) is 10.6. The van der Waals surface area contributed by atoms with Crippen LogP contribution in [0.1, 0.15) is 12.6 Å². The van der Waals surface area contributed by atoms with Gasteiger partial charge in [-0.05, 0) is 19.1 Å². The third-order valence-corrected chi connectivity index (χ3v) is 6.32. The molecule has 8 heteroatoms. The van der Waals surface area contributed by atoms with E-state index in [0.717, 1.165) is 37.1 Å². The zero-order chi connectivity index (χ0) is 15.5. The highest BCUT2D eigenvalue weighted by Crippen LogP contribution is 2.31. The van der Waals surface area contributed by atoms with Crippen LogP contribution in [-0.4, -0.2) is 25.3 Å². The molecule has 0 amide bonds. The SMILES string of the molecule is C=C(C)CSc1nnc(SCc2cn3cc(Cl)ccc3n2)s1. The summed E-state index contributed by atoms with van der Waals surface area (Å²) in [7, 11) is 0. The molecule has 0 spiro atoms. The molecule has 0 unspecified atom stereocenters. The summed E-state index contributed by atoms with van der Waals surface area (Å²) in [6, 6.07) is 3.75. The Bertz CT molecular complexity index is 811. The van der Waals surface area contributed by atoms with Crippen LogP contribution in [0.2, 0.25) is 5.02 Å². The Morgan fingerprint density at radius 3 is 2.82 bits per heavy atom. The number of rotatable bonds is 6. The Morgan fingerprint density at radius 1 is 1.27 bits per heavy atom. The Balaban J connectivity index is 1.62. The van der Waals surface area contributed by atoms with Crippen molar-refractivity contribution in [1.29, 1.82) is 0 Å². The number of aromatic nitrogens is 4. The van der Waals surface area contributed by atoms with Gasteiger partial charge in [0.25, 0.3) is 0 Å². The molecule has 0 atom stereocenters. The van der Waals surface area contributed by atoms with Crippen molar-refractivity contribution in [2.75, 3.05) is 5.75 Å². The molecule has 114 valence electrons. The van der Waals surface area contributed by atoms with Crippen LogP contribution >= 0.6 is 46.5 Å². The third-order valence-electron chi connectivity index (χ3n) is 2.64. The predicted octanol–water partition coefficient (Wildman–Crippen LogP) is 4.80. The van der Waals surface area contributed by atoms with Crippen LogP contribution in [0.4, 0.5) is 0 Å². The third kappa shape index (κ3) is 4.04. The number of nitrogens with zero attached hydrogens (tertiary/aromatic N) is 4. The molecule has 3 aromatic rings. The summed E-state index contributed by atoms with van der Waals surface area (Å²) >= 11 is 10.9. The van der Waals surface area contributed by atoms with Crippen LogP contribution in [-0.2, 0) is 5.75 Å². The quantitative estimate of drug-likeness (QED) is 0.462. The van der Waals surface area contributed by atoms with E-state index >= 15 is 0 Å². The monoisotopic (exact) mass is 368 g/mol. The highest BCUT2D eigenvalue weighted by Gasteiger charge is 2.08. The minimum absolute atomic E-state index is 0.701. The van der Waals surface area contributed by atoms with Gasteiger partial charge < -0.3 is 4.40 Å². The van der Waals surface area contributed by atoms with Crippen LogP contribution in [0.5, 0.6) is 0 Å². The second kappa shape index (κ2) is 7.04. The van der Waals surface area contributed by atoms with E-state index in [9.17, 15) is 0 Å². The molecule has 0 bridgehead atoms. The first kappa shape index (κ1) is 15.9. The van der Waals surface area contributed by atoms with Crippen molar-refractivity contribution in [1.82, 2.24) is 19.6 Å². The van der Waals surface area contributed by atoms with E-state index in [2.05, 4.69) is 21.8 Å². The summed E-state index contributed by atoms with van der Waals surface area (Å²) < 4.78 is 3.87. The maximum atomic E-state index is 5.98. The smallest absolute Gasteiger partial charge is 0.175 e. The van der Waals surface area contributed by atoms with Gasteiger partial charge in [0.15, 0.2) is 8.68 Å². The van der Waals surface area contributed by atoms with Crippen molar-refractivity contribution >= 4 is 52.1 Å². The van der Waals surface area contributed by atoms with E-state index in [0.29, 0.717) is 5.02 Å². The molecule has 0 aliphatic carbocycles. The zero-order valence-corrected chi connectivity index (χ0v) is 15.0. The summed E-state index contributed by atoms with van der Waals surface area (Å²) in [5, 5.41) is 9.09. The average Bonchev–Trinajstić information content (AvgIpc) is 3.08. The zero-order valence-electron chi connectivity index (χ0n) is 11.8. The number of fused-ring (bicyclic) bond motifs is 1. The number of pyridine rings is 1. The van der Waals surface area contributed by atoms with E-state index in [4.69, 9.17) is 11.6 Å². The van der Waals surface area contributed by atoms with Gasteiger partial charge in [0.1, 0.15) is 5.65 Å². The first-order valence-electron chi connectivity index (χ1n) is 6.47. The predicted molar refractivity (Wildman–Crippen MR) is 95.2 cm³/mol. The minimum atomic E-state index is 0.701. The number of halogens is 1. The maximum Gasteiger partial charge on any atom is 0.175 e. The minimum Gasteiger partial charge on any atom is -0.305 e.